The van der Waals surface area contributed by atoms with Gasteiger partial charge in [-0.05, 0) is 12.7 Å². The molecular formula is C41H70N2O28S. The fourth-order valence-corrected chi connectivity index (χ4v) is 9.81. The van der Waals surface area contributed by atoms with Crippen molar-refractivity contribution in [3.8, 4) is 0 Å². The van der Waals surface area contributed by atoms with Crippen LogP contribution >= 0.6 is 11.8 Å². The van der Waals surface area contributed by atoms with E-state index in [0.29, 0.717) is 6.42 Å². The quantitative estimate of drug-likeness (QED) is 0.0475. The lowest BCUT2D eigenvalue weighted by Crippen LogP contribution is -2.71. The molecule has 0 radical (unpaired) electrons. The van der Waals surface area contributed by atoms with Crippen LogP contribution < -0.4 is 10.6 Å². The largest absolute Gasteiger partial charge is 0.465 e. The molecule has 0 unspecified atom stereocenters. The van der Waals surface area contributed by atoms with Crippen molar-refractivity contribution in [3.05, 3.63) is 0 Å². The number of ether oxygens (including phenoxy) is 10. The first-order valence-electron chi connectivity index (χ1n) is 23.1. The molecule has 17 N–H and O–H groups in total. The fourth-order valence-electron chi connectivity index (χ4n) is 9.12. The van der Waals surface area contributed by atoms with Gasteiger partial charge < -0.3 is 135 Å². The van der Waals surface area contributed by atoms with Gasteiger partial charge in [0.1, 0.15) is 121 Å². The van der Waals surface area contributed by atoms with E-state index in [2.05, 4.69) is 10.6 Å². The summed E-state index contributed by atoms with van der Waals surface area (Å²) in [5.74, 6) is -5.88. The normalized spacial score (nSPS) is 44.6. The third kappa shape index (κ3) is 13.1. The Morgan fingerprint density at radius 1 is 0.653 bits per heavy atom. The van der Waals surface area contributed by atoms with Crippen LogP contribution in [0, 0.1) is 0 Å². The maximum atomic E-state index is 13.6. The highest BCUT2D eigenvalue weighted by Crippen LogP contribution is 2.40. The smallest absolute Gasteiger partial charge is 0.366 e. The van der Waals surface area contributed by atoms with Crippen molar-refractivity contribution >= 4 is 29.5 Å². The Morgan fingerprint density at radius 2 is 1.17 bits per heavy atom. The van der Waals surface area contributed by atoms with Crippen LogP contribution in [0.15, 0.2) is 0 Å². The zero-order chi connectivity index (χ0) is 53.5. The highest BCUT2D eigenvalue weighted by molar-refractivity contribution is 7.99. The summed E-state index contributed by atoms with van der Waals surface area (Å²) in [6.07, 6.45) is -40.9. The molecule has 5 aliphatic rings. The first kappa shape index (κ1) is 60.7. The molecule has 5 saturated heterocycles. The van der Waals surface area contributed by atoms with Gasteiger partial charge in [-0.3, -0.25) is 9.59 Å². The minimum absolute atomic E-state index is 0.0691. The minimum atomic E-state index is -2.93. The number of hydrogen-bond donors (Lipinski definition) is 17. The number of nitrogens with one attached hydrogen (secondary N) is 2. The number of hydrogen-bond acceptors (Lipinski definition) is 29. The van der Waals surface area contributed by atoms with E-state index in [1.807, 2.05) is 0 Å². The van der Waals surface area contributed by atoms with Crippen molar-refractivity contribution in [3.63, 3.8) is 0 Å². The maximum absolute atomic E-state index is 13.6. The Hall–Kier alpha value is -2.20. The SMILES string of the molecule is CCCC(=O)N[C@H]1[C@H]([C@H](O)[C@H](O)CO)O[C@@](O[C@H]2[C@@H](O)[C@@H](CO)O[C@@H](O[C@H]3[C@H](O)[C@@H](NC(C)=O)[C@H](O[C@H]4[C@@H](O)[C@@H](CO)O[C@@H](O[C@H]5[C@H](O)[C@@H](O)[C@H](SC)O[C@@H]5CO)[C@@H]4O)O[C@@H]3CO)[C@@H]2O)(C(=O)OC)C[C@@H]1O. The fraction of sp³-hybridized carbons (Fsp3) is 0.927. The number of amides is 2. The molecule has 0 aromatic heterocycles. The van der Waals surface area contributed by atoms with Gasteiger partial charge in [0.2, 0.25) is 11.8 Å². The number of esters is 1. The molecule has 0 bridgehead atoms. The van der Waals surface area contributed by atoms with Crippen LogP contribution in [-0.2, 0) is 61.8 Å². The zero-order valence-corrected chi connectivity index (χ0v) is 40.3. The van der Waals surface area contributed by atoms with Gasteiger partial charge in [0, 0.05) is 19.8 Å². The molecule has 30 nitrogen and oxygen atoms in total. The third-order valence-electron chi connectivity index (χ3n) is 12.9. The Bertz CT molecular complexity index is 1730. The van der Waals surface area contributed by atoms with Crippen molar-refractivity contribution in [2.75, 3.05) is 46.4 Å². The van der Waals surface area contributed by atoms with Gasteiger partial charge in [-0.25, -0.2) is 4.79 Å². The van der Waals surface area contributed by atoms with E-state index >= 15 is 0 Å². The lowest BCUT2D eigenvalue weighted by Gasteiger charge is -2.51. The average molecular weight is 1070 g/mol. The van der Waals surface area contributed by atoms with Crippen LogP contribution in [0.4, 0.5) is 0 Å². The van der Waals surface area contributed by atoms with E-state index in [0.717, 1.165) is 25.8 Å². The molecule has 0 aromatic rings. The van der Waals surface area contributed by atoms with Crippen molar-refractivity contribution in [1.82, 2.24) is 10.6 Å². The topological polar surface area (TPSA) is 471 Å². The Morgan fingerprint density at radius 3 is 1.68 bits per heavy atom. The monoisotopic (exact) mass is 1070 g/mol. The van der Waals surface area contributed by atoms with Crippen LogP contribution in [0.25, 0.3) is 0 Å². The lowest BCUT2D eigenvalue weighted by atomic mass is 9.88. The number of aliphatic hydroxyl groups is 15. The van der Waals surface area contributed by atoms with E-state index in [-0.39, 0.29) is 6.42 Å². The summed E-state index contributed by atoms with van der Waals surface area (Å²) in [7, 11) is 0.853. The molecule has 418 valence electrons. The third-order valence-corrected chi connectivity index (χ3v) is 13.8. The molecular weight excluding hydrogens is 1000 g/mol. The number of carbonyl (C=O) groups is 3. The van der Waals surface area contributed by atoms with Crippen molar-refractivity contribution in [1.29, 1.82) is 0 Å². The van der Waals surface area contributed by atoms with Gasteiger partial charge in [-0.2, -0.15) is 0 Å². The summed E-state index contributed by atoms with van der Waals surface area (Å²) in [5, 5.41) is 168. The van der Waals surface area contributed by atoms with E-state index in [9.17, 15) is 91.0 Å². The molecule has 0 aromatic carbocycles. The summed E-state index contributed by atoms with van der Waals surface area (Å²) < 4.78 is 57.2. The summed E-state index contributed by atoms with van der Waals surface area (Å²) in [6.45, 7) is -2.20. The number of carbonyl (C=O) groups excluding carboxylic acids is 3. The van der Waals surface area contributed by atoms with Crippen LogP contribution in [0.5, 0.6) is 0 Å². The molecule has 5 aliphatic heterocycles. The first-order valence-corrected chi connectivity index (χ1v) is 24.4. The second-order valence-electron chi connectivity index (χ2n) is 17.9. The van der Waals surface area contributed by atoms with E-state index < -0.39 is 215 Å². The summed E-state index contributed by atoms with van der Waals surface area (Å²) in [5.41, 5.74) is -0.995. The average Bonchev–Trinajstić information content (AvgIpc) is 3.36. The molecule has 26 atom stereocenters. The summed E-state index contributed by atoms with van der Waals surface area (Å²) in [6, 6.07) is -3.36. The van der Waals surface area contributed by atoms with Gasteiger partial charge in [0.05, 0.1) is 52.3 Å². The number of thioether (sulfide) groups is 1. The highest BCUT2D eigenvalue weighted by atomic mass is 32.2. The van der Waals surface area contributed by atoms with Crippen molar-refractivity contribution in [2.24, 2.45) is 0 Å². The van der Waals surface area contributed by atoms with E-state index in [1.54, 1.807) is 13.2 Å². The van der Waals surface area contributed by atoms with E-state index in [4.69, 9.17) is 47.4 Å². The van der Waals surface area contributed by atoms with Crippen molar-refractivity contribution in [2.45, 2.75) is 191 Å². The molecule has 5 fully saturated rings. The lowest BCUT2D eigenvalue weighted by molar-refractivity contribution is -0.389. The molecule has 0 spiro atoms. The molecule has 2 amide bonds. The number of methoxy groups -OCH3 is 1. The highest BCUT2D eigenvalue weighted by Gasteiger charge is 2.61. The summed E-state index contributed by atoms with van der Waals surface area (Å²) in [4.78, 5) is 38.9. The summed E-state index contributed by atoms with van der Waals surface area (Å²) >= 11 is 1.02. The molecule has 31 heteroatoms. The van der Waals surface area contributed by atoms with Gasteiger partial charge >= 0.3 is 5.97 Å². The standard InChI is InChI=1S/C41H70N2O28S/c1-5-6-20(52)43-21-14(50)7-41(40(61)62-3,70-33(21)23(53)15(51)8-44)71-35-25(55)17(10-46)64-38(30(35)60)67-31-18(11-47)65-36(22(26(31)56)42-13(2)49)69-34-24(54)16(9-45)63-37(29(34)59)68-32-19(12-48)66-39(72-4)28(58)27(32)57/h14-19,21-39,44-48,50-51,53-60H,5-12H2,1-4H3,(H,42,49)(H,43,52)/t14-,15+,16+,17+,18+,19+,21+,22+,23+,24-,25-,26+,27+,28+,29+,30+,31+,32+,33+,34-,35-,36-,37-,38-,39-,41-/m0/s1. The predicted molar refractivity (Wildman–Crippen MR) is 232 cm³/mol. The van der Waals surface area contributed by atoms with Crippen LogP contribution in [-0.4, -0.2) is 299 Å². The second kappa shape index (κ2) is 26.7. The van der Waals surface area contributed by atoms with Gasteiger partial charge in [0.15, 0.2) is 18.9 Å². The molecule has 0 saturated carbocycles. The Labute approximate surface area is 415 Å². The minimum Gasteiger partial charge on any atom is -0.465 e. The number of aliphatic hydroxyl groups excluding tert-OH is 15. The molecule has 5 heterocycles. The predicted octanol–water partition coefficient (Wildman–Crippen LogP) is -10.2. The van der Waals surface area contributed by atoms with Crippen LogP contribution in [0.3, 0.4) is 0 Å². The van der Waals surface area contributed by atoms with Crippen molar-refractivity contribution < 1.29 is 138 Å². The van der Waals surface area contributed by atoms with Gasteiger partial charge in [0.25, 0.3) is 5.79 Å². The maximum Gasteiger partial charge on any atom is 0.366 e. The van der Waals surface area contributed by atoms with Gasteiger partial charge in [-0.15, -0.1) is 11.8 Å². The molecule has 5 rings (SSSR count). The van der Waals surface area contributed by atoms with Crippen LogP contribution in [0.1, 0.15) is 33.1 Å². The Balaban J connectivity index is 1.41. The van der Waals surface area contributed by atoms with Crippen LogP contribution in [0.2, 0.25) is 0 Å². The Kier molecular flexibility index (Phi) is 22.5. The first-order chi connectivity index (χ1) is 34.1. The second-order valence-corrected chi connectivity index (χ2v) is 18.8. The molecule has 72 heavy (non-hydrogen) atoms. The number of rotatable bonds is 21. The van der Waals surface area contributed by atoms with E-state index in [1.165, 1.54) is 0 Å². The van der Waals surface area contributed by atoms with Gasteiger partial charge in [-0.1, -0.05) is 6.92 Å². The zero-order valence-electron chi connectivity index (χ0n) is 39.5. The molecule has 0 aliphatic carbocycles.